The lowest BCUT2D eigenvalue weighted by atomic mass is 9.86. The highest BCUT2D eigenvalue weighted by atomic mass is 35.5. The van der Waals surface area contributed by atoms with Crippen LogP contribution in [0.4, 0.5) is 4.79 Å². The Balaban J connectivity index is 0.000000222. The molecule has 10 rings (SSSR count). The number of nitrogens with one attached hydrogen (secondary N) is 1. The molecule has 0 saturated heterocycles. The predicted molar refractivity (Wildman–Crippen MR) is 377 cm³/mol. The van der Waals surface area contributed by atoms with Gasteiger partial charge in [0.15, 0.2) is 11.5 Å². The third kappa shape index (κ3) is 19.2. The molecule has 2 aliphatic carbocycles. The fourth-order valence-electron chi connectivity index (χ4n) is 11.5. The van der Waals surface area contributed by atoms with Crippen LogP contribution in [-0.4, -0.2) is 122 Å². The average molecular weight is 1440 g/mol. The topological polar surface area (TPSA) is 138 Å². The van der Waals surface area contributed by atoms with Crippen LogP contribution >= 0.6 is 92.8 Å². The number of benzene rings is 6. The summed E-state index contributed by atoms with van der Waals surface area (Å²) in [6.07, 6.45) is 4.97. The molecule has 0 bridgehead atoms. The lowest BCUT2D eigenvalue weighted by molar-refractivity contribution is -0.130. The van der Waals surface area contributed by atoms with E-state index in [2.05, 4.69) is 5.32 Å². The van der Waals surface area contributed by atoms with Crippen LogP contribution in [0, 0.1) is 13.8 Å². The third-order valence-electron chi connectivity index (χ3n) is 16.2. The van der Waals surface area contributed by atoms with Gasteiger partial charge in [0.05, 0.1) is 58.9 Å². The minimum absolute atomic E-state index is 0.0346. The molecular weight excluding hydrogens is 1360 g/mol. The molecule has 2 atom stereocenters. The molecule has 2 heterocycles. The molecule has 2 saturated carbocycles. The molecule has 94 heavy (non-hydrogen) atoms. The van der Waals surface area contributed by atoms with E-state index in [0.717, 1.165) is 70.2 Å². The summed E-state index contributed by atoms with van der Waals surface area (Å²) in [7, 11) is 1.58. The molecule has 3 amide bonds. The Morgan fingerprint density at radius 1 is 0.574 bits per heavy atom. The minimum atomic E-state index is -0.674. The van der Waals surface area contributed by atoms with Crippen LogP contribution in [0.15, 0.2) is 120 Å². The van der Waals surface area contributed by atoms with Gasteiger partial charge in [-0.3, -0.25) is 9.59 Å². The Bertz CT molecular complexity index is 3680. The standard InChI is InChI=1S/C38H42Cl4N2O5.C34H36Cl4N2O5/c1-6-32-33(36(45)44(26-12-13-26)22-25-8-7-9-29(39)34(25)42)28(16-17-43(32)37(46)49-38(3,4)5)24-10-14-27(15-11-24)47-18-19-48-35-30(40)20-23(2)21-31(35)41;1-21-16-28(36)33(29(37)17-21)45-15-14-44-25-10-6-22(7-11-25)26-12-13-39-30(19-43-20-42-2)31(26)34(41)40(24-8-9-24)18-23-4-3-5-27(35)32(23)38/h7-11,14-15,20-21,26,32H,6,12-13,16-19,22H2,1-5H3;3-7,10-11,16-17,24,30,39H,8-9,12-15,18-20H2,1-2H3/t32-;30-/m11/s1. The summed E-state index contributed by atoms with van der Waals surface area (Å²) in [5.41, 5.74) is 7.85. The monoisotopic (exact) mass is 1440 g/mol. The van der Waals surface area contributed by atoms with Crippen molar-refractivity contribution in [1.82, 2.24) is 20.0 Å². The SMILES string of the molecule is CC[C@@H]1C(C(=O)N(Cc2cccc(Cl)c2Cl)C2CC2)=C(c2ccc(OCCOc3c(Cl)cc(C)cc3Cl)cc2)CCN1C(=O)OC(C)(C)C.COCOC[C@H]1NCCC(c2ccc(OCCOc3c(Cl)cc(C)cc3Cl)cc2)=C1C(=O)N(Cc1cccc(Cl)c1Cl)C1CC1. The molecule has 0 unspecified atom stereocenters. The number of carbonyl (C=O) groups is 3. The quantitative estimate of drug-likeness (QED) is 0.0433. The molecule has 6 aromatic carbocycles. The number of halogens is 8. The van der Waals surface area contributed by atoms with E-state index in [1.54, 1.807) is 48.4 Å². The van der Waals surface area contributed by atoms with Gasteiger partial charge in [-0.1, -0.05) is 148 Å². The first-order chi connectivity index (χ1) is 45.0. The maximum Gasteiger partial charge on any atom is 0.410 e. The summed E-state index contributed by atoms with van der Waals surface area (Å²) in [6, 6.07) is 33.1. The maximum absolute atomic E-state index is 14.8. The number of amides is 3. The van der Waals surface area contributed by atoms with Crippen molar-refractivity contribution in [3.05, 3.63) is 194 Å². The summed E-state index contributed by atoms with van der Waals surface area (Å²) >= 11 is 51.0. The third-order valence-corrected chi connectivity index (χ3v) is 19.0. The molecule has 1 N–H and O–H groups in total. The molecule has 4 aliphatic rings. The van der Waals surface area contributed by atoms with Gasteiger partial charge in [-0.15, -0.1) is 0 Å². The molecule has 2 aliphatic heterocycles. The number of rotatable bonds is 25. The molecule has 22 heteroatoms. The van der Waals surface area contributed by atoms with Crippen LogP contribution in [0.2, 0.25) is 40.2 Å². The fourth-order valence-corrected chi connectivity index (χ4v) is 13.7. The first kappa shape index (κ1) is 72.7. The van der Waals surface area contributed by atoms with Crippen LogP contribution in [0.5, 0.6) is 23.0 Å². The highest BCUT2D eigenvalue weighted by Gasteiger charge is 2.43. The first-order valence-electron chi connectivity index (χ1n) is 31.4. The Hall–Kier alpha value is -5.59. The Labute approximate surface area is 591 Å². The zero-order chi connectivity index (χ0) is 67.4. The molecule has 0 radical (unpaired) electrons. The number of carbonyl (C=O) groups excluding carboxylic acids is 3. The van der Waals surface area contributed by atoms with Gasteiger partial charge in [-0.05, 0) is 191 Å². The van der Waals surface area contributed by atoms with E-state index in [-0.39, 0.29) is 56.6 Å². The van der Waals surface area contributed by atoms with Gasteiger partial charge in [0.1, 0.15) is 50.3 Å². The van der Waals surface area contributed by atoms with Crippen LogP contribution in [0.1, 0.15) is 106 Å². The van der Waals surface area contributed by atoms with Crippen molar-refractivity contribution in [2.75, 3.05) is 60.0 Å². The predicted octanol–water partition coefficient (Wildman–Crippen LogP) is 18.4. The van der Waals surface area contributed by atoms with Gasteiger partial charge in [-0.2, -0.15) is 0 Å². The van der Waals surface area contributed by atoms with Gasteiger partial charge in [0, 0.05) is 50.0 Å². The first-order valence-corrected chi connectivity index (χ1v) is 34.4. The molecule has 0 spiro atoms. The molecule has 6 aromatic rings. The second kappa shape index (κ2) is 33.6. The summed E-state index contributed by atoms with van der Waals surface area (Å²) in [5.74, 6) is 2.06. The van der Waals surface area contributed by atoms with Gasteiger partial charge < -0.3 is 53.2 Å². The average Bonchev–Trinajstić information content (AvgIpc) is 1.27. The van der Waals surface area contributed by atoms with E-state index in [0.29, 0.717) is 133 Å². The van der Waals surface area contributed by atoms with E-state index in [1.165, 1.54) is 0 Å². The molecule has 502 valence electrons. The Morgan fingerprint density at radius 3 is 1.44 bits per heavy atom. The van der Waals surface area contributed by atoms with Crippen molar-refractivity contribution in [3.63, 3.8) is 0 Å². The van der Waals surface area contributed by atoms with E-state index >= 15 is 0 Å². The van der Waals surface area contributed by atoms with E-state index in [4.69, 9.17) is 126 Å². The molecule has 14 nitrogen and oxygen atoms in total. The number of hydrogen-bond donors (Lipinski definition) is 1. The highest BCUT2D eigenvalue weighted by molar-refractivity contribution is 6.43. The van der Waals surface area contributed by atoms with Crippen LogP contribution in [0.25, 0.3) is 11.1 Å². The molecular formula is C72H78Cl8N4O10. The van der Waals surface area contributed by atoms with Crippen molar-refractivity contribution in [2.24, 2.45) is 0 Å². The van der Waals surface area contributed by atoms with Gasteiger partial charge >= 0.3 is 6.09 Å². The molecule has 0 aromatic heterocycles. The van der Waals surface area contributed by atoms with Crippen molar-refractivity contribution in [1.29, 1.82) is 0 Å². The van der Waals surface area contributed by atoms with Crippen LogP contribution < -0.4 is 24.3 Å². The van der Waals surface area contributed by atoms with Crippen molar-refractivity contribution in [2.45, 2.75) is 129 Å². The molecule has 2 fully saturated rings. The maximum atomic E-state index is 14.8. The van der Waals surface area contributed by atoms with E-state index in [1.807, 2.05) is 124 Å². The number of nitrogens with zero attached hydrogens (tertiary/aromatic N) is 3. The van der Waals surface area contributed by atoms with Gasteiger partial charge in [0.25, 0.3) is 11.8 Å². The Morgan fingerprint density at radius 2 is 1.01 bits per heavy atom. The minimum Gasteiger partial charge on any atom is -0.490 e. The van der Waals surface area contributed by atoms with Crippen molar-refractivity contribution >= 4 is 122 Å². The fraction of sp³-hybridized carbons (Fsp3) is 0.403. The van der Waals surface area contributed by atoms with Gasteiger partial charge in [-0.25, -0.2) is 4.79 Å². The second-order valence-corrected chi connectivity index (χ2v) is 27.7. The summed E-state index contributed by atoms with van der Waals surface area (Å²) < 4.78 is 40.1. The number of aryl methyl sites for hydroxylation is 2. The zero-order valence-electron chi connectivity index (χ0n) is 53.7. The normalized spacial score (nSPS) is 16.5. The summed E-state index contributed by atoms with van der Waals surface area (Å²) in [4.78, 5) is 48.2. The van der Waals surface area contributed by atoms with E-state index < -0.39 is 17.7 Å². The van der Waals surface area contributed by atoms with Crippen LogP contribution in [-0.2, 0) is 36.9 Å². The zero-order valence-corrected chi connectivity index (χ0v) is 59.7. The number of ether oxygens (including phenoxy) is 7. The van der Waals surface area contributed by atoms with Crippen molar-refractivity contribution in [3.8, 4) is 23.0 Å². The number of hydrogen-bond acceptors (Lipinski definition) is 11. The lowest BCUT2D eigenvalue weighted by Crippen LogP contribution is -2.50. The number of methoxy groups -OCH3 is 1. The summed E-state index contributed by atoms with van der Waals surface area (Å²) in [6.45, 7) is 14.7. The summed E-state index contributed by atoms with van der Waals surface area (Å²) in [5, 5.41) is 7.14. The largest absolute Gasteiger partial charge is 0.490 e. The van der Waals surface area contributed by atoms with Crippen LogP contribution in [0.3, 0.4) is 0 Å². The highest BCUT2D eigenvalue weighted by Crippen LogP contribution is 2.42. The Kier molecular flexibility index (Phi) is 26.0. The van der Waals surface area contributed by atoms with E-state index in [9.17, 15) is 14.4 Å². The van der Waals surface area contributed by atoms with Crippen molar-refractivity contribution < 1.29 is 47.5 Å². The lowest BCUT2D eigenvalue weighted by Gasteiger charge is -2.40. The second-order valence-electron chi connectivity index (χ2n) is 24.5. The van der Waals surface area contributed by atoms with Gasteiger partial charge in [0.2, 0.25) is 0 Å². The smallest absolute Gasteiger partial charge is 0.410 e.